The molecule has 1 unspecified atom stereocenters. The predicted octanol–water partition coefficient (Wildman–Crippen LogP) is 4.17. The Morgan fingerprint density at radius 1 is 1.17 bits per heavy atom. The number of carbonyl (C=O) groups is 1. The molecule has 0 aromatic heterocycles. The van der Waals surface area contributed by atoms with Crippen LogP contribution in [0.3, 0.4) is 0 Å². The molecule has 0 bridgehead atoms. The highest BCUT2D eigenvalue weighted by Crippen LogP contribution is 2.17. The molecule has 0 spiro atoms. The van der Waals surface area contributed by atoms with Gasteiger partial charge >= 0.3 is 0 Å². The van der Waals surface area contributed by atoms with Crippen LogP contribution in [-0.4, -0.2) is 12.5 Å². The third-order valence-electron chi connectivity index (χ3n) is 3.72. The number of hydrogen-bond donors (Lipinski definition) is 2. The fraction of sp³-hybridized carbons (Fsp3) is 0.316. The molecular weight excluding hydrogens is 327 g/mol. The highest BCUT2D eigenvalue weighted by atomic mass is 35.5. The van der Waals surface area contributed by atoms with Crippen molar-refractivity contribution >= 4 is 24.0 Å². The van der Waals surface area contributed by atoms with Gasteiger partial charge < -0.3 is 10.6 Å². The van der Waals surface area contributed by atoms with Crippen molar-refractivity contribution in [3.8, 4) is 0 Å². The lowest BCUT2D eigenvalue weighted by molar-refractivity contribution is -0.119. The first kappa shape index (κ1) is 20.1. The lowest BCUT2D eigenvalue weighted by atomic mass is 10.00. The molecule has 0 radical (unpaired) electrons. The van der Waals surface area contributed by atoms with Crippen molar-refractivity contribution in [2.75, 3.05) is 11.9 Å². The number of rotatable bonds is 7. The molecule has 0 saturated carbocycles. The zero-order valence-electron chi connectivity index (χ0n) is 14.0. The molecule has 0 aliphatic heterocycles. The smallest absolute Gasteiger partial charge is 0.227 e. The summed E-state index contributed by atoms with van der Waals surface area (Å²) in [5.74, 6) is -0.562. The minimum Gasteiger partial charge on any atom is -0.326 e. The number of amides is 1. The van der Waals surface area contributed by atoms with Gasteiger partial charge in [-0.05, 0) is 42.3 Å². The number of benzene rings is 2. The summed E-state index contributed by atoms with van der Waals surface area (Å²) >= 11 is 0. The maximum Gasteiger partial charge on any atom is 0.227 e. The highest BCUT2D eigenvalue weighted by molar-refractivity contribution is 5.93. The van der Waals surface area contributed by atoms with Crippen LogP contribution in [0.2, 0.25) is 0 Å². The van der Waals surface area contributed by atoms with Gasteiger partial charge in [-0.15, -0.1) is 12.4 Å². The topological polar surface area (TPSA) is 41.1 Å². The Morgan fingerprint density at radius 2 is 1.92 bits per heavy atom. The van der Waals surface area contributed by atoms with Gasteiger partial charge in [0.05, 0.1) is 0 Å². The SMILES string of the molecule is CCNCc1ccccc1NC(=O)C(C)Cc1cccc(F)c1.Cl. The third kappa shape index (κ3) is 5.95. The second kappa shape index (κ2) is 10.1. The van der Waals surface area contributed by atoms with Crippen molar-refractivity contribution in [2.24, 2.45) is 5.92 Å². The molecule has 130 valence electrons. The van der Waals surface area contributed by atoms with Crippen LogP contribution in [0.4, 0.5) is 10.1 Å². The summed E-state index contributed by atoms with van der Waals surface area (Å²) in [6, 6.07) is 14.1. The van der Waals surface area contributed by atoms with Gasteiger partial charge in [0.1, 0.15) is 5.82 Å². The van der Waals surface area contributed by atoms with E-state index < -0.39 is 0 Å². The Balaban J connectivity index is 0.00000288. The van der Waals surface area contributed by atoms with Gasteiger partial charge in [0, 0.05) is 18.2 Å². The summed E-state index contributed by atoms with van der Waals surface area (Å²) in [5, 5.41) is 6.24. The average molecular weight is 351 g/mol. The van der Waals surface area contributed by atoms with E-state index in [1.165, 1.54) is 12.1 Å². The van der Waals surface area contributed by atoms with Crippen molar-refractivity contribution in [3.05, 3.63) is 65.5 Å². The number of para-hydroxylation sites is 1. The second-order valence-corrected chi connectivity index (χ2v) is 5.66. The molecule has 5 heteroatoms. The lowest BCUT2D eigenvalue weighted by Gasteiger charge is -2.15. The molecule has 0 heterocycles. The summed E-state index contributed by atoms with van der Waals surface area (Å²) in [7, 11) is 0. The van der Waals surface area contributed by atoms with Crippen LogP contribution >= 0.6 is 12.4 Å². The van der Waals surface area contributed by atoms with Crippen molar-refractivity contribution in [3.63, 3.8) is 0 Å². The van der Waals surface area contributed by atoms with Gasteiger partial charge in [-0.25, -0.2) is 4.39 Å². The van der Waals surface area contributed by atoms with Crippen LogP contribution < -0.4 is 10.6 Å². The van der Waals surface area contributed by atoms with Crippen LogP contribution in [-0.2, 0) is 17.8 Å². The lowest BCUT2D eigenvalue weighted by Crippen LogP contribution is -2.23. The fourth-order valence-electron chi connectivity index (χ4n) is 2.42. The van der Waals surface area contributed by atoms with E-state index in [-0.39, 0.29) is 30.0 Å². The van der Waals surface area contributed by atoms with Gasteiger partial charge in [-0.3, -0.25) is 4.79 Å². The summed E-state index contributed by atoms with van der Waals surface area (Å²) in [6.07, 6.45) is 0.513. The van der Waals surface area contributed by atoms with E-state index in [4.69, 9.17) is 0 Å². The molecule has 0 fully saturated rings. The van der Waals surface area contributed by atoms with Gasteiger partial charge in [0.15, 0.2) is 0 Å². The molecule has 0 aliphatic rings. The summed E-state index contributed by atoms with van der Waals surface area (Å²) in [4.78, 5) is 12.4. The molecule has 1 atom stereocenters. The van der Waals surface area contributed by atoms with Crippen molar-refractivity contribution in [1.29, 1.82) is 0 Å². The first-order valence-corrected chi connectivity index (χ1v) is 7.94. The highest BCUT2D eigenvalue weighted by Gasteiger charge is 2.15. The zero-order chi connectivity index (χ0) is 16.7. The molecular formula is C19H24ClFN2O. The van der Waals surface area contributed by atoms with Gasteiger partial charge in [-0.1, -0.05) is 44.2 Å². The van der Waals surface area contributed by atoms with Crippen LogP contribution in [0, 0.1) is 11.7 Å². The summed E-state index contributed by atoms with van der Waals surface area (Å²) in [5.41, 5.74) is 2.71. The number of anilines is 1. The maximum atomic E-state index is 13.2. The Morgan fingerprint density at radius 3 is 2.62 bits per heavy atom. The van der Waals surface area contributed by atoms with Crippen molar-refractivity contribution < 1.29 is 9.18 Å². The standard InChI is InChI=1S/C19H23FN2O.ClH/c1-3-21-13-16-8-4-5-10-18(16)22-19(23)14(2)11-15-7-6-9-17(20)12-15;/h4-10,12,14,21H,3,11,13H2,1-2H3,(H,22,23);1H. The van der Waals surface area contributed by atoms with E-state index >= 15 is 0 Å². The van der Waals surface area contributed by atoms with Crippen LogP contribution in [0.25, 0.3) is 0 Å². The monoisotopic (exact) mass is 350 g/mol. The third-order valence-corrected chi connectivity index (χ3v) is 3.72. The fourth-order valence-corrected chi connectivity index (χ4v) is 2.42. The van der Waals surface area contributed by atoms with Gasteiger partial charge in [-0.2, -0.15) is 0 Å². The number of halogens is 2. The van der Waals surface area contributed by atoms with Crippen LogP contribution in [0.5, 0.6) is 0 Å². The maximum absolute atomic E-state index is 13.2. The number of carbonyl (C=O) groups excluding carboxylic acids is 1. The zero-order valence-corrected chi connectivity index (χ0v) is 14.8. The Hall–Kier alpha value is -1.91. The molecule has 2 rings (SSSR count). The molecule has 0 aliphatic carbocycles. The summed E-state index contributed by atoms with van der Waals surface area (Å²) in [6.45, 7) is 5.49. The van der Waals surface area contributed by atoms with Gasteiger partial charge in [0.2, 0.25) is 5.91 Å². The molecule has 0 saturated heterocycles. The van der Waals surface area contributed by atoms with Crippen LogP contribution in [0.15, 0.2) is 48.5 Å². The quantitative estimate of drug-likeness (QED) is 0.786. The first-order chi connectivity index (χ1) is 11.1. The molecule has 3 nitrogen and oxygen atoms in total. The minimum absolute atomic E-state index is 0. The first-order valence-electron chi connectivity index (χ1n) is 7.94. The van der Waals surface area contributed by atoms with E-state index in [0.717, 1.165) is 23.4 Å². The van der Waals surface area contributed by atoms with Crippen molar-refractivity contribution in [1.82, 2.24) is 5.32 Å². The van der Waals surface area contributed by atoms with E-state index in [9.17, 15) is 9.18 Å². The minimum atomic E-state index is -0.272. The largest absolute Gasteiger partial charge is 0.326 e. The number of nitrogens with one attached hydrogen (secondary N) is 2. The van der Waals surface area contributed by atoms with E-state index in [2.05, 4.69) is 10.6 Å². The molecule has 1 amide bonds. The van der Waals surface area contributed by atoms with E-state index in [0.29, 0.717) is 13.0 Å². The molecule has 2 aromatic carbocycles. The molecule has 2 aromatic rings. The average Bonchev–Trinajstić information content (AvgIpc) is 2.54. The van der Waals surface area contributed by atoms with Crippen molar-refractivity contribution in [2.45, 2.75) is 26.8 Å². The van der Waals surface area contributed by atoms with E-state index in [1.54, 1.807) is 6.07 Å². The predicted molar refractivity (Wildman–Crippen MR) is 99.0 cm³/mol. The summed E-state index contributed by atoms with van der Waals surface area (Å²) < 4.78 is 13.2. The normalized spacial score (nSPS) is 11.5. The van der Waals surface area contributed by atoms with Crippen LogP contribution in [0.1, 0.15) is 25.0 Å². The Labute approximate surface area is 149 Å². The molecule has 24 heavy (non-hydrogen) atoms. The molecule has 2 N–H and O–H groups in total. The Kier molecular flexibility index (Phi) is 8.44. The Bertz CT molecular complexity index is 663. The number of hydrogen-bond acceptors (Lipinski definition) is 2. The second-order valence-electron chi connectivity index (χ2n) is 5.66. The van der Waals surface area contributed by atoms with E-state index in [1.807, 2.05) is 44.2 Å². The van der Waals surface area contributed by atoms with Gasteiger partial charge in [0.25, 0.3) is 0 Å².